The van der Waals surface area contributed by atoms with E-state index in [1.54, 1.807) is 0 Å². The Morgan fingerprint density at radius 2 is 1.54 bits per heavy atom. The van der Waals surface area contributed by atoms with Crippen LogP contribution in [0, 0.1) is 5.92 Å². The topological polar surface area (TPSA) is 30.5 Å². The lowest BCUT2D eigenvalue weighted by atomic mass is 9.97. The van der Waals surface area contributed by atoms with Gasteiger partial charge >= 0.3 is 8.56 Å². The van der Waals surface area contributed by atoms with Gasteiger partial charge < -0.3 is 8.95 Å². The molecule has 2 unspecified atom stereocenters. The SMILES string of the molecule is CCCCCCCCCCC1CCO[Si](CCCC)(CCCS)ONC1. The molecule has 0 aliphatic carbocycles. The van der Waals surface area contributed by atoms with Gasteiger partial charge in [-0.15, -0.1) is 0 Å². The minimum atomic E-state index is -2.06. The molecule has 0 aromatic heterocycles. The highest BCUT2D eigenvalue weighted by atomic mass is 32.1. The molecule has 1 saturated heterocycles. The van der Waals surface area contributed by atoms with E-state index in [0.717, 1.165) is 37.4 Å². The van der Waals surface area contributed by atoms with Crippen molar-refractivity contribution in [2.24, 2.45) is 5.92 Å². The number of hydrogen-bond donors (Lipinski definition) is 2. The molecule has 1 aliphatic heterocycles. The van der Waals surface area contributed by atoms with Gasteiger partial charge in [0.25, 0.3) is 0 Å². The van der Waals surface area contributed by atoms with Gasteiger partial charge in [0, 0.05) is 13.2 Å². The lowest BCUT2D eigenvalue weighted by molar-refractivity contribution is 0.0632. The first-order chi connectivity index (χ1) is 12.8. The fourth-order valence-corrected chi connectivity index (χ4v) is 7.51. The summed E-state index contributed by atoms with van der Waals surface area (Å²) in [5.74, 6) is 1.63. The van der Waals surface area contributed by atoms with E-state index >= 15 is 0 Å². The Balaban J connectivity index is 2.20. The average molecular weight is 404 g/mol. The summed E-state index contributed by atoms with van der Waals surface area (Å²) in [5.41, 5.74) is 3.33. The number of hydroxylamine groups is 1. The Bertz CT molecular complexity index is 300. The lowest BCUT2D eigenvalue weighted by Gasteiger charge is -2.34. The van der Waals surface area contributed by atoms with Crippen molar-refractivity contribution in [3.05, 3.63) is 0 Å². The van der Waals surface area contributed by atoms with Crippen molar-refractivity contribution < 1.29 is 8.95 Å². The van der Waals surface area contributed by atoms with E-state index in [-0.39, 0.29) is 0 Å². The van der Waals surface area contributed by atoms with E-state index in [1.807, 2.05) is 0 Å². The molecule has 5 heteroatoms. The van der Waals surface area contributed by atoms with Gasteiger partial charge in [0.15, 0.2) is 0 Å². The van der Waals surface area contributed by atoms with E-state index in [9.17, 15) is 0 Å². The van der Waals surface area contributed by atoms with Crippen LogP contribution in [0.1, 0.15) is 97.3 Å². The molecular formula is C21H45NO2SSi. The molecule has 3 nitrogen and oxygen atoms in total. The minimum Gasteiger partial charge on any atom is -0.393 e. The molecule has 156 valence electrons. The van der Waals surface area contributed by atoms with Gasteiger partial charge in [-0.3, -0.25) is 0 Å². The molecule has 1 heterocycles. The maximum absolute atomic E-state index is 6.41. The summed E-state index contributed by atoms with van der Waals surface area (Å²) in [4.78, 5) is 0. The molecule has 0 saturated carbocycles. The molecule has 1 rings (SSSR count). The summed E-state index contributed by atoms with van der Waals surface area (Å²) in [6.07, 6.45) is 17.2. The molecule has 1 N–H and O–H groups in total. The quantitative estimate of drug-likeness (QED) is 0.182. The fraction of sp³-hybridized carbons (Fsp3) is 1.00. The van der Waals surface area contributed by atoms with Gasteiger partial charge in [0.05, 0.1) is 0 Å². The van der Waals surface area contributed by atoms with Crippen LogP contribution in [-0.4, -0.2) is 27.5 Å². The van der Waals surface area contributed by atoms with Crippen LogP contribution in [0.15, 0.2) is 0 Å². The van der Waals surface area contributed by atoms with Gasteiger partial charge in [-0.25, -0.2) is 5.48 Å². The Hall–Kier alpha value is 0.447. The van der Waals surface area contributed by atoms with Crippen molar-refractivity contribution in [3.63, 3.8) is 0 Å². The van der Waals surface area contributed by atoms with Gasteiger partial charge in [0.1, 0.15) is 0 Å². The van der Waals surface area contributed by atoms with Gasteiger partial charge in [0.2, 0.25) is 0 Å². The first-order valence-corrected chi connectivity index (χ1v) is 14.3. The van der Waals surface area contributed by atoms with Crippen LogP contribution in [0.2, 0.25) is 12.1 Å². The molecule has 0 aromatic carbocycles. The van der Waals surface area contributed by atoms with Crippen molar-refractivity contribution in [2.75, 3.05) is 18.9 Å². The van der Waals surface area contributed by atoms with Crippen molar-refractivity contribution in [2.45, 2.75) is 109 Å². The second-order valence-electron chi connectivity index (χ2n) is 8.06. The van der Waals surface area contributed by atoms with Crippen molar-refractivity contribution in [1.29, 1.82) is 0 Å². The summed E-state index contributed by atoms with van der Waals surface area (Å²) in [7, 11) is -2.06. The molecule has 1 aliphatic rings. The van der Waals surface area contributed by atoms with Gasteiger partial charge in [-0.2, -0.15) is 12.6 Å². The molecule has 0 aromatic rings. The number of thiol groups is 1. The monoisotopic (exact) mass is 403 g/mol. The summed E-state index contributed by atoms with van der Waals surface area (Å²) >= 11 is 4.38. The molecule has 1 fully saturated rings. The number of unbranched alkanes of at least 4 members (excludes halogenated alkanes) is 8. The van der Waals surface area contributed by atoms with E-state index in [2.05, 4.69) is 32.0 Å². The Labute approximate surface area is 170 Å². The fourth-order valence-electron chi connectivity index (χ4n) is 3.81. The predicted octanol–water partition coefficient (Wildman–Crippen LogP) is 6.64. The third-order valence-corrected chi connectivity index (χ3v) is 9.41. The van der Waals surface area contributed by atoms with Crippen LogP contribution in [0.25, 0.3) is 0 Å². The van der Waals surface area contributed by atoms with Crippen LogP contribution < -0.4 is 5.48 Å². The van der Waals surface area contributed by atoms with E-state index in [0.29, 0.717) is 5.92 Å². The van der Waals surface area contributed by atoms with E-state index in [4.69, 9.17) is 8.95 Å². The smallest absolute Gasteiger partial charge is 0.358 e. The summed E-state index contributed by atoms with van der Waals surface area (Å²) in [6, 6.07) is 2.19. The largest absolute Gasteiger partial charge is 0.393 e. The maximum Gasteiger partial charge on any atom is 0.358 e. The number of rotatable bonds is 15. The normalized spacial score (nSPS) is 24.3. The highest BCUT2D eigenvalue weighted by Crippen LogP contribution is 2.26. The second-order valence-corrected chi connectivity index (χ2v) is 11.8. The predicted molar refractivity (Wildman–Crippen MR) is 119 cm³/mol. The minimum absolute atomic E-state index is 0.707. The third kappa shape index (κ3) is 11.3. The molecule has 0 bridgehead atoms. The molecule has 0 spiro atoms. The summed E-state index contributed by atoms with van der Waals surface area (Å²) in [6.45, 7) is 6.43. The van der Waals surface area contributed by atoms with Crippen LogP contribution in [-0.2, 0) is 8.95 Å². The second kappa shape index (κ2) is 16.4. The summed E-state index contributed by atoms with van der Waals surface area (Å²) < 4.78 is 12.6. The summed E-state index contributed by atoms with van der Waals surface area (Å²) in [5, 5.41) is 0. The molecule has 0 radical (unpaired) electrons. The average Bonchev–Trinajstić information content (AvgIpc) is 2.64. The van der Waals surface area contributed by atoms with Crippen LogP contribution >= 0.6 is 12.6 Å². The van der Waals surface area contributed by atoms with Crippen LogP contribution in [0.5, 0.6) is 0 Å². The zero-order valence-corrected chi connectivity index (χ0v) is 19.5. The first kappa shape index (κ1) is 24.5. The van der Waals surface area contributed by atoms with Crippen molar-refractivity contribution >= 4 is 21.2 Å². The van der Waals surface area contributed by atoms with Crippen molar-refractivity contribution in [3.8, 4) is 0 Å². The van der Waals surface area contributed by atoms with E-state index in [1.165, 1.54) is 77.0 Å². The standard InChI is InChI=1S/C21H45NO2SSi/c1-3-5-7-8-9-10-11-12-14-21-15-16-23-26(18-6-4-2,19-13-17-25)24-22-20-21/h21-22,25H,3-20H2,1-2H3. The lowest BCUT2D eigenvalue weighted by Crippen LogP contribution is -2.49. The zero-order chi connectivity index (χ0) is 18.9. The maximum atomic E-state index is 6.41. The Kier molecular flexibility index (Phi) is 15.4. The third-order valence-electron chi connectivity index (χ3n) is 5.61. The van der Waals surface area contributed by atoms with Gasteiger partial charge in [-0.1, -0.05) is 78.1 Å². The molecule has 2 atom stereocenters. The molecule has 0 amide bonds. The van der Waals surface area contributed by atoms with Crippen molar-refractivity contribution in [1.82, 2.24) is 5.48 Å². The van der Waals surface area contributed by atoms with Gasteiger partial charge in [-0.05, 0) is 43.0 Å². The molecular weight excluding hydrogens is 358 g/mol. The Morgan fingerprint density at radius 1 is 0.885 bits per heavy atom. The highest BCUT2D eigenvalue weighted by Gasteiger charge is 2.38. The first-order valence-electron chi connectivity index (χ1n) is 11.4. The molecule has 26 heavy (non-hydrogen) atoms. The zero-order valence-electron chi connectivity index (χ0n) is 17.6. The highest BCUT2D eigenvalue weighted by molar-refractivity contribution is 7.80. The number of hydrogen-bond acceptors (Lipinski definition) is 4. The Morgan fingerprint density at radius 3 is 2.23 bits per heavy atom. The number of nitrogens with one attached hydrogen (secondary N) is 1. The van der Waals surface area contributed by atoms with Crippen LogP contribution in [0.4, 0.5) is 0 Å². The van der Waals surface area contributed by atoms with Crippen LogP contribution in [0.3, 0.4) is 0 Å². The van der Waals surface area contributed by atoms with E-state index < -0.39 is 8.56 Å².